The predicted octanol–water partition coefficient (Wildman–Crippen LogP) is 4.24. The Kier molecular flexibility index (Phi) is 7.25. The lowest BCUT2D eigenvalue weighted by molar-refractivity contribution is 0.225. The van der Waals surface area contributed by atoms with Gasteiger partial charge in [-0.05, 0) is 50.9 Å². The first-order valence-corrected chi connectivity index (χ1v) is 8.76. The zero-order valence-corrected chi connectivity index (χ0v) is 13.9. The maximum absolute atomic E-state index is 3.63. The highest BCUT2D eigenvalue weighted by atomic mass is 15.1. The lowest BCUT2D eigenvalue weighted by Gasteiger charge is -2.28. The summed E-state index contributed by atoms with van der Waals surface area (Å²) in [4.78, 5) is 2.54. The van der Waals surface area contributed by atoms with Gasteiger partial charge in [0, 0.05) is 12.6 Å². The van der Waals surface area contributed by atoms with Crippen LogP contribution in [0.3, 0.4) is 0 Å². The number of hydrogen-bond donors (Lipinski definition) is 1. The Balaban J connectivity index is 1.78. The van der Waals surface area contributed by atoms with E-state index in [0.717, 1.165) is 12.5 Å². The molecule has 1 saturated carbocycles. The van der Waals surface area contributed by atoms with Crippen LogP contribution in [0.5, 0.6) is 0 Å². The van der Waals surface area contributed by atoms with Gasteiger partial charge in [0.05, 0.1) is 0 Å². The first-order chi connectivity index (χ1) is 10.3. The standard InChI is InChI=1S/C19H32N2/c1-3-20-19(18-12-8-5-9-13-18)14-15-21(2)16-17-10-6-4-7-11-17/h5,8-9,12-13,17,19-20H,3-4,6-7,10-11,14-16H2,1-2H3. The highest BCUT2D eigenvalue weighted by Gasteiger charge is 2.16. The van der Waals surface area contributed by atoms with Crippen molar-refractivity contribution in [1.29, 1.82) is 0 Å². The molecule has 0 heterocycles. The predicted molar refractivity (Wildman–Crippen MR) is 91.5 cm³/mol. The topological polar surface area (TPSA) is 15.3 Å². The van der Waals surface area contributed by atoms with Gasteiger partial charge in [-0.1, -0.05) is 56.5 Å². The zero-order chi connectivity index (χ0) is 14.9. The van der Waals surface area contributed by atoms with Gasteiger partial charge in [-0.25, -0.2) is 0 Å². The molecule has 1 N–H and O–H groups in total. The van der Waals surface area contributed by atoms with Crippen LogP contribution in [0, 0.1) is 5.92 Å². The zero-order valence-electron chi connectivity index (χ0n) is 13.9. The Labute approximate surface area is 130 Å². The summed E-state index contributed by atoms with van der Waals surface area (Å²) in [5, 5.41) is 3.63. The van der Waals surface area contributed by atoms with Crippen LogP contribution in [0.15, 0.2) is 30.3 Å². The normalized spacial score (nSPS) is 18.0. The molecule has 2 nitrogen and oxygen atoms in total. The lowest BCUT2D eigenvalue weighted by Crippen LogP contribution is -2.31. The van der Waals surface area contributed by atoms with E-state index in [0.29, 0.717) is 6.04 Å². The van der Waals surface area contributed by atoms with Gasteiger partial charge < -0.3 is 10.2 Å². The monoisotopic (exact) mass is 288 g/mol. The van der Waals surface area contributed by atoms with Crippen molar-refractivity contribution in [3.8, 4) is 0 Å². The first kappa shape index (κ1) is 16.5. The van der Waals surface area contributed by atoms with E-state index in [1.807, 2.05) is 0 Å². The second-order valence-corrected chi connectivity index (χ2v) is 6.58. The molecule has 0 spiro atoms. The minimum atomic E-state index is 0.491. The summed E-state index contributed by atoms with van der Waals surface area (Å²) in [6.45, 7) is 5.70. The fourth-order valence-electron chi connectivity index (χ4n) is 3.57. The Bertz CT molecular complexity index is 370. The average molecular weight is 288 g/mol. The van der Waals surface area contributed by atoms with Crippen molar-refractivity contribution in [2.24, 2.45) is 5.92 Å². The molecule has 1 aliphatic carbocycles. The molecule has 21 heavy (non-hydrogen) atoms. The smallest absolute Gasteiger partial charge is 0.0332 e. The number of hydrogen-bond acceptors (Lipinski definition) is 2. The van der Waals surface area contributed by atoms with Gasteiger partial charge in [0.2, 0.25) is 0 Å². The van der Waals surface area contributed by atoms with E-state index in [1.54, 1.807) is 0 Å². The molecule has 0 saturated heterocycles. The Morgan fingerprint density at radius 1 is 1.14 bits per heavy atom. The van der Waals surface area contributed by atoms with Gasteiger partial charge in [-0.15, -0.1) is 0 Å². The van der Waals surface area contributed by atoms with Crippen molar-refractivity contribution in [3.05, 3.63) is 35.9 Å². The van der Waals surface area contributed by atoms with Crippen molar-refractivity contribution in [2.75, 3.05) is 26.7 Å². The van der Waals surface area contributed by atoms with Crippen LogP contribution in [0.25, 0.3) is 0 Å². The van der Waals surface area contributed by atoms with Crippen LogP contribution in [0.2, 0.25) is 0 Å². The third kappa shape index (κ3) is 5.80. The summed E-state index contributed by atoms with van der Waals surface area (Å²) in [7, 11) is 2.29. The van der Waals surface area contributed by atoms with Crippen molar-refractivity contribution in [1.82, 2.24) is 10.2 Å². The van der Waals surface area contributed by atoms with E-state index in [2.05, 4.69) is 54.5 Å². The molecule has 0 aliphatic heterocycles. The minimum Gasteiger partial charge on any atom is -0.310 e. The molecule has 0 amide bonds. The van der Waals surface area contributed by atoms with Crippen LogP contribution in [-0.4, -0.2) is 31.6 Å². The second-order valence-electron chi connectivity index (χ2n) is 6.58. The molecule has 0 radical (unpaired) electrons. The van der Waals surface area contributed by atoms with Crippen LogP contribution < -0.4 is 5.32 Å². The van der Waals surface area contributed by atoms with Gasteiger partial charge in [0.25, 0.3) is 0 Å². The van der Waals surface area contributed by atoms with Crippen LogP contribution in [-0.2, 0) is 0 Å². The number of nitrogens with zero attached hydrogens (tertiary/aromatic N) is 1. The largest absolute Gasteiger partial charge is 0.310 e. The Morgan fingerprint density at radius 3 is 2.52 bits per heavy atom. The van der Waals surface area contributed by atoms with Crippen molar-refractivity contribution >= 4 is 0 Å². The molecule has 1 fully saturated rings. The third-order valence-electron chi connectivity index (χ3n) is 4.75. The second kappa shape index (κ2) is 9.22. The Morgan fingerprint density at radius 2 is 1.86 bits per heavy atom. The molecular formula is C19H32N2. The molecule has 1 unspecified atom stereocenters. The van der Waals surface area contributed by atoms with E-state index in [4.69, 9.17) is 0 Å². The van der Waals surface area contributed by atoms with Crippen molar-refractivity contribution in [2.45, 2.75) is 51.5 Å². The molecule has 1 aromatic rings. The molecule has 118 valence electrons. The summed E-state index contributed by atoms with van der Waals surface area (Å²) in [5.74, 6) is 0.943. The first-order valence-electron chi connectivity index (χ1n) is 8.76. The fourth-order valence-corrected chi connectivity index (χ4v) is 3.57. The van der Waals surface area contributed by atoms with Gasteiger partial charge in [-0.2, -0.15) is 0 Å². The van der Waals surface area contributed by atoms with E-state index in [1.165, 1.54) is 57.2 Å². The minimum absolute atomic E-state index is 0.491. The highest BCUT2D eigenvalue weighted by molar-refractivity contribution is 5.18. The molecule has 1 aliphatic rings. The van der Waals surface area contributed by atoms with Gasteiger partial charge >= 0.3 is 0 Å². The number of nitrogens with one attached hydrogen (secondary N) is 1. The van der Waals surface area contributed by atoms with Gasteiger partial charge in [-0.3, -0.25) is 0 Å². The fraction of sp³-hybridized carbons (Fsp3) is 0.684. The maximum Gasteiger partial charge on any atom is 0.0332 e. The molecule has 0 aromatic heterocycles. The maximum atomic E-state index is 3.63. The van der Waals surface area contributed by atoms with Crippen molar-refractivity contribution < 1.29 is 0 Å². The number of rotatable bonds is 8. The van der Waals surface area contributed by atoms with E-state index >= 15 is 0 Å². The third-order valence-corrected chi connectivity index (χ3v) is 4.75. The summed E-state index contributed by atoms with van der Waals surface area (Å²) in [6, 6.07) is 11.4. The molecule has 2 heteroatoms. The van der Waals surface area contributed by atoms with Crippen LogP contribution in [0.1, 0.15) is 57.1 Å². The molecule has 1 atom stereocenters. The highest BCUT2D eigenvalue weighted by Crippen LogP contribution is 2.24. The van der Waals surface area contributed by atoms with Crippen molar-refractivity contribution in [3.63, 3.8) is 0 Å². The van der Waals surface area contributed by atoms with E-state index in [-0.39, 0.29) is 0 Å². The molecular weight excluding hydrogens is 256 g/mol. The average Bonchev–Trinajstić information content (AvgIpc) is 2.53. The summed E-state index contributed by atoms with van der Waals surface area (Å²) in [6.07, 6.45) is 8.43. The summed E-state index contributed by atoms with van der Waals surface area (Å²) in [5.41, 5.74) is 1.42. The van der Waals surface area contributed by atoms with E-state index in [9.17, 15) is 0 Å². The van der Waals surface area contributed by atoms with Crippen LogP contribution in [0.4, 0.5) is 0 Å². The summed E-state index contributed by atoms with van der Waals surface area (Å²) < 4.78 is 0. The lowest BCUT2D eigenvalue weighted by atomic mass is 9.89. The van der Waals surface area contributed by atoms with E-state index < -0.39 is 0 Å². The molecule has 0 bridgehead atoms. The number of benzene rings is 1. The quantitative estimate of drug-likeness (QED) is 0.769. The summed E-state index contributed by atoms with van der Waals surface area (Å²) >= 11 is 0. The Hall–Kier alpha value is -0.860. The molecule has 1 aromatic carbocycles. The molecule has 2 rings (SSSR count). The van der Waals surface area contributed by atoms with Crippen LogP contribution >= 0.6 is 0 Å². The van der Waals surface area contributed by atoms with Gasteiger partial charge in [0.1, 0.15) is 0 Å². The SMILES string of the molecule is CCNC(CCN(C)CC1CCCCC1)c1ccccc1. The van der Waals surface area contributed by atoms with Gasteiger partial charge in [0.15, 0.2) is 0 Å².